The smallest absolute Gasteiger partial charge is 0.433 e. The molecule has 0 fully saturated rings. The predicted octanol–water partition coefficient (Wildman–Crippen LogP) is 1.60. The van der Waals surface area contributed by atoms with Crippen LogP contribution < -0.4 is 5.32 Å². The number of hydrogen-bond donors (Lipinski definition) is 0. The van der Waals surface area contributed by atoms with Gasteiger partial charge in [-0.1, -0.05) is 0 Å². The summed E-state index contributed by atoms with van der Waals surface area (Å²) in [7, 11) is 1.21. The van der Waals surface area contributed by atoms with Crippen LogP contribution in [-0.2, 0) is 4.74 Å². The number of benzene rings is 1. The van der Waals surface area contributed by atoms with E-state index in [9.17, 15) is 14.9 Å². The van der Waals surface area contributed by atoms with Crippen LogP contribution in [0.3, 0.4) is 0 Å². The summed E-state index contributed by atoms with van der Waals surface area (Å²) in [6.07, 6.45) is -0.737. The normalized spacial score (nSPS) is 9.21. The molecule has 0 aromatic heterocycles. The van der Waals surface area contributed by atoms with E-state index in [1.165, 1.54) is 31.4 Å². The standard InChI is InChI=1S/C8H7N2O4/c1-14-8(11)9-6-2-4-7(5-3-6)10(12)13/h2-5H,1H3. The zero-order chi connectivity index (χ0) is 10.6. The Morgan fingerprint density at radius 2 is 2.00 bits per heavy atom. The van der Waals surface area contributed by atoms with Gasteiger partial charge in [0.15, 0.2) is 0 Å². The molecule has 0 heterocycles. The molecule has 0 aliphatic carbocycles. The van der Waals surface area contributed by atoms with Crippen molar-refractivity contribution >= 4 is 17.5 Å². The fourth-order valence-electron chi connectivity index (χ4n) is 0.800. The van der Waals surface area contributed by atoms with E-state index in [2.05, 4.69) is 10.1 Å². The monoisotopic (exact) mass is 195 g/mol. The number of ether oxygens (including phenoxy) is 1. The lowest BCUT2D eigenvalue weighted by atomic mass is 10.3. The van der Waals surface area contributed by atoms with Crippen LogP contribution in [0.5, 0.6) is 0 Å². The van der Waals surface area contributed by atoms with Crippen LogP contribution in [0.25, 0.3) is 0 Å². The number of carbonyl (C=O) groups excluding carboxylic acids is 1. The number of non-ortho nitro benzene ring substituents is 1. The van der Waals surface area contributed by atoms with Crippen molar-refractivity contribution in [2.75, 3.05) is 7.11 Å². The third-order valence-electron chi connectivity index (χ3n) is 1.46. The molecule has 73 valence electrons. The van der Waals surface area contributed by atoms with Crippen molar-refractivity contribution in [3.05, 3.63) is 34.4 Å². The lowest BCUT2D eigenvalue weighted by Crippen LogP contribution is -2.09. The Kier molecular flexibility index (Phi) is 3.01. The van der Waals surface area contributed by atoms with Gasteiger partial charge in [-0.15, -0.1) is 0 Å². The van der Waals surface area contributed by atoms with Gasteiger partial charge in [0.1, 0.15) is 0 Å². The first-order chi connectivity index (χ1) is 6.63. The second-order valence-corrected chi connectivity index (χ2v) is 2.36. The van der Waals surface area contributed by atoms with Gasteiger partial charge in [-0.25, -0.2) is 4.79 Å². The highest BCUT2D eigenvalue weighted by Gasteiger charge is 2.07. The minimum absolute atomic E-state index is 0.0474. The van der Waals surface area contributed by atoms with Gasteiger partial charge in [0.2, 0.25) is 0 Å². The van der Waals surface area contributed by atoms with Gasteiger partial charge in [-0.2, -0.15) is 5.32 Å². The van der Waals surface area contributed by atoms with E-state index < -0.39 is 11.0 Å². The third-order valence-corrected chi connectivity index (χ3v) is 1.46. The maximum absolute atomic E-state index is 10.7. The zero-order valence-electron chi connectivity index (χ0n) is 7.34. The number of rotatable bonds is 2. The molecule has 1 aromatic rings. The van der Waals surface area contributed by atoms with Crippen molar-refractivity contribution in [3.63, 3.8) is 0 Å². The van der Waals surface area contributed by atoms with Gasteiger partial charge < -0.3 is 4.74 Å². The molecular formula is C8H7N2O4. The minimum atomic E-state index is -0.737. The fraction of sp³-hybridized carbons (Fsp3) is 0.125. The number of nitro benzene ring substituents is 1. The summed E-state index contributed by atoms with van der Waals surface area (Å²) >= 11 is 0. The van der Waals surface area contributed by atoms with Gasteiger partial charge in [0.25, 0.3) is 5.69 Å². The van der Waals surface area contributed by atoms with Crippen LogP contribution in [0.2, 0.25) is 0 Å². The highest BCUT2D eigenvalue weighted by molar-refractivity contribution is 5.73. The second-order valence-electron chi connectivity index (χ2n) is 2.36. The number of hydrogen-bond acceptors (Lipinski definition) is 4. The fourth-order valence-corrected chi connectivity index (χ4v) is 0.800. The Balaban J connectivity index is 2.73. The molecule has 6 nitrogen and oxygen atoms in total. The number of methoxy groups -OCH3 is 1. The maximum Gasteiger partial charge on any atom is 0.433 e. The van der Waals surface area contributed by atoms with Crippen molar-refractivity contribution in [1.29, 1.82) is 0 Å². The Labute approximate surface area is 79.6 Å². The van der Waals surface area contributed by atoms with E-state index in [4.69, 9.17) is 0 Å². The van der Waals surface area contributed by atoms with Crippen LogP contribution >= 0.6 is 0 Å². The summed E-state index contributed by atoms with van der Waals surface area (Å²) in [5.74, 6) is 0. The van der Waals surface area contributed by atoms with Crippen molar-refractivity contribution in [2.45, 2.75) is 0 Å². The molecule has 0 saturated carbocycles. The van der Waals surface area contributed by atoms with Crippen LogP contribution in [0, 0.1) is 10.1 Å². The molecule has 14 heavy (non-hydrogen) atoms. The molecule has 0 N–H and O–H groups in total. The molecule has 6 heteroatoms. The molecule has 0 bridgehead atoms. The number of amides is 1. The van der Waals surface area contributed by atoms with Gasteiger partial charge in [0.05, 0.1) is 17.7 Å². The maximum atomic E-state index is 10.7. The van der Waals surface area contributed by atoms with E-state index in [1.807, 2.05) is 0 Å². The number of nitro groups is 1. The van der Waals surface area contributed by atoms with Crippen molar-refractivity contribution < 1.29 is 14.5 Å². The predicted molar refractivity (Wildman–Crippen MR) is 47.3 cm³/mol. The SMILES string of the molecule is COC(=O)[N]c1ccc([N+](=O)[O-])cc1. The Morgan fingerprint density at radius 1 is 1.43 bits per heavy atom. The van der Waals surface area contributed by atoms with E-state index in [-0.39, 0.29) is 5.69 Å². The molecule has 0 aliphatic heterocycles. The highest BCUT2D eigenvalue weighted by Crippen LogP contribution is 2.15. The van der Waals surface area contributed by atoms with Crippen LogP contribution in [0.15, 0.2) is 24.3 Å². The van der Waals surface area contributed by atoms with Crippen molar-refractivity contribution in [2.24, 2.45) is 0 Å². The van der Waals surface area contributed by atoms with Gasteiger partial charge >= 0.3 is 6.09 Å². The summed E-state index contributed by atoms with van der Waals surface area (Å²) in [6, 6.07) is 5.27. The summed E-state index contributed by atoms with van der Waals surface area (Å²) in [5.41, 5.74) is 0.274. The summed E-state index contributed by atoms with van der Waals surface area (Å²) < 4.78 is 4.29. The number of nitrogens with zero attached hydrogens (tertiary/aromatic N) is 2. The van der Waals surface area contributed by atoms with Crippen molar-refractivity contribution in [1.82, 2.24) is 5.32 Å². The molecule has 0 aliphatic rings. The third kappa shape index (κ3) is 2.44. The number of carbonyl (C=O) groups is 1. The van der Waals surface area contributed by atoms with Gasteiger partial charge in [-0.05, 0) is 12.1 Å². The first kappa shape index (κ1) is 9.97. The van der Waals surface area contributed by atoms with Crippen molar-refractivity contribution in [3.8, 4) is 0 Å². The van der Waals surface area contributed by atoms with E-state index in [0.29, 0.717) is 5.69 Å². The molecule has 0 saturated heterocycles. The Hall–Kier alpha value is -2.11. The first-order valence-corrected chi connectivity index (χ1v) is 3.67. The molecule has 0 atom stereocenters. The summed E-state index contributed by atoms with van der Waals surface area (Å²) in [4.78, 5) is 20.4. The van der Waals surface area contributed by atoms with E-state index in [0.717, 1.165) is 0 Å². The lowest BCUT2D eigenvalue weighted by Gasteiger charge is -1.98. The van der Waals surface area contributed by atoms with Gasteiger partial charge in [-0.3, -0.25) is 10.1 Å². The van der Waals surface area contributed by atoms with Crippen LogP contribution in [0.4, 0.5) is 16.2 Å². The second kappa shape index (κ2) is 4.22. The quantitative estimate of drug-likeness (QED) is 0.529. The average molecular weight is 195 g/mol. The molecule has 0 spiro atoms. The summed E-state index contributed by atoms with van der Waals surface area (Å²) in [5, 5.41) is 13.8. The Morgan fingerprint density at radius 3 is 2.43 bits per heavy atom. The van der Waals surface area contributed by atoms with Gasteiger partial charge in [0, 0.05) is 12.1 Å². The zero-order valence-corrected chi connectivity index (χ0v) is 7.34. The van der Waals surface area contributed by atoms with E-state index in [1.54, 1.807) is 0 Å². The van der Waals surface area contributed by atoms with Crippen LogP contribution in [0.1, 0.15) is 0 Å². The minimum Gasteiger partial charge on any atom is -0.451 e. The first-order valence-electron chi connectivity index (χ1n) is 3.67. The highest BCUT2D eigenvalue weighted by atomic mass is 16.6. The van der Waals surface area contributed by atoms with E-state index >= 15 is 0 Å². The largest absolute Gasteiger partial charge is 0.451 e. The molecule has 1 aromatic carbocycles. The molecular weight excluding hydrogens is 188 g/mol. The molecule has 0 unspecified atom stereocenters. The average Bonchev–Trinajstić information content (AvgIpc) is 2.18. The van der Waals surface area contributed by atoms with Crippen LogP contribution in [-0.4, -0.2) is 18.1 Å². The molecule has 1 amide bonds. The summed E-state index contributed by atoms with van der Waals surface area (Å²) in [6.45, 7) is 0. The molecule has 1 radical (unpaired) electrons. The lowest BCUT2D eigenvalue weighted by molar-refractivity contribution is -0.384. The Bertz CT molecular complexity index is 347. The molecule has 1 rings (SSSR count). The topological polar surface area (TPSA) is 83.5 Å².